The molecule has 2 aromatic carbocycles. The van der Waals surface area contributed by atoms with Crippen LogP contribution in [0.15, 0.2) is 48.5 Å². The van der Waals surface area contributed by atoms with Crippen molar-refractivity contribution in [1.29, 1.82) is 0 Å². The van der Waals surface area contributed by atoms with E-state index in [4.69, 9.17) is 14.4 Å². The van der Waals surface area contributed by atoms with Crippen molar-refractivity contribution in [3.63, 3.8) is 0 Å². The normalized spacial score (nSPS) is 11.4. The molecule has 10 heteroatoms. The Morgan fingerprint density at radius 1 is 1.08 bits per heavy atom. The van der Waals surface area contributed by atoms with Gasteiger partial charge in [-0.15, -0.1) is 0 Å². The molecule has 0 saturated carbocycles. The Balaban J connectivity index is -0.00000144. The molecular formula is C15H16K2O7S. The van der Waals surface area contributed by atoms with Gasteiger partial charge >= 0.3 is 119 Å². The van der Waals surface area contributed by atoms with Crippen LogP contribution in [0.5, 0.6) is 17.2 Å². The minimum Gasteiger partial charge on any atom is -1.00 e. The summed E-state index contributed by atoms with van der Waals surface area (Å²) in [6.07, 6.45) is 0. The summed E-state index contributed by atoms with van der Waals surface area (Å²) >= 11 is 0. The second kappa shape index (κ2) is 11.5. The van der Waals surface area contributed by atoms with Gasteiger partial charge in [0.25, 0.3) is 0 Å². The molecule has 7 nitrogen and oxygen atoms in total. The minimum absolute atomic E-state index is 0. The fourth-order valence-corrected chi connectivity index (χ4v) is 2.29. The predicted molar refractivity (Wildman–Crippen MR) is 83.4 cm³/mol. The molecule has 1 unspecified atom stereocenters. The van der Waals surface area contributed by atoms with E-state index in [0.717, 1.165) is 0 Å². The van der Waals surface area contributed by atoms with Gasteiger partial charge in [-0.1, -0.05) is 30.3 Å². The Hall–Kier alpha value is 0.693. The quantitative estimate of drug-likeness (QED) is 0.382. The summed E-state index contributed by atoms with van der Waals surface area (Å²) in [5, 5.41) is 9.13. The first-order valence-electron chi connectivity index (χ1n) is 6.53. The molecule has 0 aliphatic rings. The average Bonchev–Trinajstić information content (AvgIpc) is 2.48. The van der Waals surface area contributed by atoms with Crippen LogP contribution in [0.4, 0.5) is 0 Å². The predicted octanol–water partition coefficient (Wildman–Crippen LogP) is -2.92. The summed E-state index contributed by atoms with van der Waals surface area (Å²) in [5.74, 6) is -2.24. The fraction of sp³-hybridized carbons (Fsp3) is 0.133. The van der Waals surface area contributed by atoms with Gasteiger partial charge in [0.15, 0.2) is 11.5 Å². The van der Waals surface area contributed by atoms with E-state index in [1.54, 1.807) is 30.3 Å². The first-order valence-corrected chi connectivity index (χ1v) is 7.90. The van der Waals surface area contributed by atoms with Crippen molar-refractivity contribution in [2.45, 2.75) is 12.8 Å². The second-order valence-electron chi connectivity index (χ2n) is 4.66. The van der Waals surface area contributed by atoms with Crippen LogP contribution in [0.3, 0.4) is 0 Å². The number of para-hydroxylation sites is 2. The SMILES string of the molecule is CC(C(=O)O)c1cccc(Oc2ccccc2)c1OS(=O)(=O)O.[H-].[H-].[K+].[K+]. The van der Waals surface area contributed by atoms with E-state index in [9.17, 15) is 13.2 Å². The van der Waals surface area contributed by atoms with Gasteiger partial charge in [0.1, 0.15) is 5.75 Å². The smallest absolute Gasteiger partial charge is 1.00 e. The molecule has 0 radical (unpaired) electrons. The van der Waals surface area contributed by atoms with E-state index >= 15 is 0 Å². The van der Waals surface area contributed by atoms with E-state index in [2.05, 4.69) is 4.18 Å². The van der Waals surface area contributed by atoms with Crippen molar-refractivity contribution in [3.8, 4) is 17.2 Å². The van der Waals surface area contributed by atoms with Crippen molar-refractivity contribution in [3.05, 3.63) is 54.1 Å². The zero-order chi connectivity index (χ0) is 17.0. The van der Waals surface area contributed by atoms with Crippen LogP contribution in [0.1, 0.15) is 21.3 Å². The van der Waals surface area contributed by atoms with Crippen molar-refractivity contribution in [2.75, 3.05) is 0 Å². The molecule has 0 fully saturated rings. The van der Waals surface area contributed by atoms with E-state index in [1.165, 1.54) is 25.1 Å². The molecule has 0 spiro atoms. The fourth-order valence-electron chi connectivity index (χ4n) is 1.90. The zero-order valence-corrected chi connectivity index (χ0v) is 21.1. The standard InChI is InChI=1S/C15H14O7S.2K.2H/c1-10(15(16)17)12-8-5-9-13(14(12)22-23(18,19)20)21-11-6-3-2-4-7-11;;;;/h2-10H,1H3,(H,16,17)(H,18,19,20);;;;/q;2*+1;2*-1. The Kier molecular flexibility index (Phi) is 11.8. The van der Waals surface area contributed by atoms with Gasteiger partial charge in [-0.3, -0.25) is 9.35 Å². The second-order valence-corrected chi connectivity index (χ2v) is 5.68. The van der Waals surface area contributed by atoms with Crippen LogP contribution >= 0.6 is 0 Å². The average molecular weight is 419 g/mol. The maximum atomic E-state index is 11.2. The van der Waals surface area contributed by atoms with E-state index in [-0.39, 0.29) is 123 Å². The van der Waals surface area contributed by atoms with Gasteiger partial charge in [-0.05, 0) is 25.1 Å². The van der Waals surface area contributed by atoms with Crippen LogP contribution < -0.4 is 112 Å². The third-order valence-corrected chi connectivity index (χ3v) is 3.38. The summed E-state index contributed by atoms with van der Waals surface area (Å²) < 4.78 is 41.2. The molecule has 0 aliphatic carbocycles. The number of hydrogen-bond acceptors (Lipinski definition) is 5. The Labute approximate surface area is 233 Å². The Morgan fingerprint density at radius 2 is 1.68 bits per heavy atom. The molecular weight excluding hydrogens is 402 g/mol. The molecule has 0 saturated heterocycles. The van der Waals surface area contributed by atoms with Gasteiger partial charge in [-0.2, -0.15) is 8.42 Å². The zero-order valence-electron chi connectivity index (χ0n) is 16.0. The van der Waals surface area contributed by atoms with Gasteiger partial charge in [-0.25, -0.2) is 0 Å². The van der Waals surface area contributed by atoms with Gasteiger partial charge in [0.05, 0.1) is 5.92 Å². The molecule has 2 rings (SSSR count). The third kappa shape index (κ3) is 8.07. The minimum atomic E-state index is -4.85. The molecule has 0 aliphatic heterocycles. The topological polar surface area (TPSA) is 110 Å². The molecule has 2 aromatic rings. The Morgan fingerprint density at radius 3 is 2.20 bits per heavy atom. The molecule has 0 amide bonds. The summed E-state index contributed by atoms with van der Waals surface area (Å²) in [7, 11) is -4.85. The number of carbonyl (C=O) groups is 1. The monoisotopic (exact) mass is 418 g/mol. The molecule has 0 bridgehead atoms. The van der Waals surface area contributed by atoms with Crippen LogP contribution in [-0.4, -0.2) is 24.0 Å². The number of carboxylic acid groups (broad SMARTS) is 1. The number of ether oxygens (including phenoxy) is 1. The summed E-state index contributed by atoms with van der Waals surface area (Å²) in [5.41, 5.74) is 0.0588. The molecule has 1 atom stereocenters. The van der Waals surface area contributed by atoms with E-state index < -0.39 is 22.3 Å². The molecule has 0 aromatic heterocycles. The van der Waals surface area contributed by atoms with Crippen LogP contribution in [0.25, 0.3) is 0 Å². The molecule has 126 valence electrons. The molecule has 25 heavy (non-hydrogen) atoms. The van der Waals surface area contributed by atoms with E-state index in [1.807, 2.05) is 0 Å². The van der Waals surface area contributed by atoms with E-state index in [0.29, 0.717) is 5.75 Å². The van der Waals surface area contributed by atoms with Crippen molar-refractivity contribution in [1.82, 2.24) is 0 Å². The van der Waals surface area contributed by atoms with Crippen molar-refractivity contribution < 1.29 is 137 Å². The van der Waals surface area contributed by atoms with Gasteiger partial charge < -0.3 is 16.9 Å². The number of benzene rings is 2. The summed E-state index contributed by atoms with van der Waals surface area (Å²) in [4.78, 5) is 11.2. The third-order valence-electron chi connectivity index (χ3n) is 3.01. The molecule has 0 heterocycles. The number of carboxylic acids is 1. The van der Waals surface area contributed by atoms with Crippen LogP contribution in [-0.2, 0) is 15.2 Å². The van der Waals surface area contributed by atoms with Gasteiger partial charge in [0, 0.05) is 5.56 Å². The van der Waals surface area contributed by atoms with Crippen molar-refractivity contribution >= 4 is 16.4 Å². The first-order chi connectivity index (χ1) is 10.8. The molecule has 2 N–H and O–H groups in total. The van der Waals surface area contributed by atoms with Crippen LogP contribution in [0, 0.1) is 0 Å². The number of aliphatic carboxylic acids is 1. The van der Waals surface area contributed by atoms with Crippen molar-refractivity contribution in [2.24, 2.45) is 0 Å². The number of rotatable bonds is 6. The number of hydrogen-bond donors (Lipinski definition) is 2. The first kappa shape index (κ1) is 25.7. The Bertz CT molecular complexity index is 820. The van der Waals surface area contributed by atoms with Gasteiger partial charge in [0.2, 0.25) is 0 Å². The summed E-state index contributed by atoms with van der Waals surface area (Å²) in [6.45, 7) is 1.36. The maximum absolute atomic E-state index is 11.2. The summed E-state index contributed by atoms with van der Waals surface area (Å²) in [6, 6.07) is 12.7. The van der Waals surface area contributed by atoms with Crippen LogP contribution in [0.2, 0.25) is 0 Å². The largest absolute Gasteiger partial charge is 1.00 e. The maximum Gasteiger partial charge on any atom is 1.00 e.